The molecule has 0 aliphatic carbocycles. The minimum atomic E-state index is -0.703. The van der Waals surface area contributed by atoms with E-state index in [1.54, 1.807) is 0 Å². The van der Waals surface area contributed by atoms with Gasteiger partial charge in [-0.3, -0.25) is 0 Å². The van der Waals surface area contributed by atoms with Crippen LogP contribution in [0.4, 0.5) is 0 Å². The Labute approximate surface area is 137 Å². The van der Waals surface area contributed by atoms with Crippen molar-refractivity contribution >= 4 is 0 Å². The fourth-order valence-corrected chi connectivity index (χ4v) is 2.04. The third-order valence-corrected chi connectivity index (χ3v) is 3.58. The summed E-state index contributed by atoms with van der Waals surface area (Å²) in [5, 5.41) is 18.1. The number of ether oxygens (including phenoxy) is 2. The first-order valence-electron chi connectivity index (χ1n) is 7.68. The lowest BCUT2D eigenvalue weighted by atomic mass is 10.1. The van der Waals surface area contributed by atoms with E-state index in [4.69, 9.17) is 19.7 Å². The molecule has 0 saturated carbocycles. The molecule has 0 fully saturated rings. The van der Waals surface area contributed by atoms with Gasteiger partial charge in [-0.2, -0.15) is 0 Å². The summed E-state index contributed by atoms with van der Waals surface area (Å²) in [6.07, 6.45) is 0. The lowest BCUT2D eigenvalue weighted by Crippen LogP contribution is -2.28. The molecule has 0 amide bonds. The zero-order chi connectivity index (χ0) is 16.7. The van der Waals surface area contributed by atoms with Crippen molar-refractivity contribution < 1.29 is 19.7 Å². The third kappa shape index (κ3) is 5.77. The van der Waals surface area contributed by atoms with Gasteiger partial charge in [0, 0.05) is 0 Å². The lowest BCUT2D eigenvalue weighted by molar-refractivity contribution is -0.226. The predicted octanol–water partition coefficient (Wildman–Crippen LogP) is 3.14. The number of aliphatic hydroxyl groups excluding tert-OH is 2. The first-order chi connectivity index (χ1) is 11.0. The van der Waals surface area contributed by atoms with E-state index in [2.05, 4.69) is 0 Å². The Morgan fingerprint density at radius 3 is 1.26 bits per heavy atom. The largest absolute Gasteiger partial charge is 0.392 e. The Bertz CT molecular complexity index is 534. The van der Waals surface area contributed by atoms with Crippen LogP contribution < -0.4 is 0 Å². The summed E-state index contributed by atoms with van der Waals surface area (Å²) in [5.74, 6) is -0.703. The first kappa shape index (κ1) is 17.6. The summed E-state index contributed by atoms with van der Waals surface area (Å²) in [6.45, 7) is 4.76. The lowest BCUT2D eigenvalue weighted by Gasteiger charge is -2.26. The van der Waals surface area contributed by atoms with E-state index in [0.717, 1.165) is 22.3 Å². The van der Waals surface area contributed by atoms with Gasteiger partial charge >= 0.3 is 0 Å². The molecule has 0 aliphatic rings. The van der Waals surface area contributed by atoms with Crippen molar-refractivity contribution in [2.24, 2.45) is 0 Å². The van der Waals surface area contributed by atoms with Gasteiger partial charge in [-0.25, -0.2) is 0 Å². The molecule has 2 rings (SSSR count). The molecule has 0 unspecified atom stereocenters. The zero-order valence-electron chi connectivity index (χ0n) is 13.7. The molecule has 0 atom stereocenters. The zero-order valence-corrected chi connectivity index (χ0v) is 13.7. The minimum absolute atomic E-state index is 0.0464. The molecule has 0 aliphatic heterocycles. The molecule has 4 heteroatoms. The van der Waals surface area contributed by atoms with Gasteiger partial charge in [0.1, 0.15) is 0 Å². The second-order valence-electron chi connectivity index (χ2n) is 5.93. The second kappa shape index (κ2) is 8.22. The van der Waals surface area contributed by atoms with E-state index >= 15 is 0 Å². The Kier molecular flexibility index (Phi) is 6.30. The average Bonchev–Trinajstić information content (AvgIpc) is 2.59. The molecule has 2 aromatic rings. The quantitative estimate of drug-likeness (QED) is 0.735. The smallest absolute Gasteiger partial charge is 0.163 e. The van der Waals surface area contributed by atoms with Gasteiger partial charge in [0.05, 0.1) is 26.4 Å². The van der Waals surface area contributed by atoms with E-state index in [-0.39, 0.29) is 13.2 Å². The van der Waals surface area contributed by atoms with Crippen molar-refractivity contribution in [1.82, 2.24) is 0 Å². The first-order valence-corrected chi connectivity index (χ1v) is 7.68. The molecule has 0 radical (unpaired) electrons. The summed E-state index contributed by atoms with van der Waals surface area (Å²) in [5.41, 5.74) is 3.84. The van der Waals surface area contributed by atoms with Gasteiger partial charge in [0.15, 0.2) is 5.79 Å². The van der Waals surface area contributed by atoms with E-state index in [1.807, 2.05) is 62.4 Å². The molecule has 2 aromatic carbocycles. The Balaban J connectivity index is 1.82. The van der Waals surface area contributed by atoms with E-state index < -0.39 is 5.79 Å². The Morgan fingerprint density at radius 1 is 0.652 bits per heavy atom. The second-order valence-corrected chi connectivity index (χ2v) is 5.93. The topological polar surface area (TPSA) is 58.9 Å². The van der Waals surface area contributed by atoms with Gasteiger partial charge in [0.25, 0.3) is 0 Å². The minimum Gasteiger partial charge on any atom is -0.392 e. The van der Waals surface area contributed by atoms with E-state index in [9.17, 15) is 0 Å². The number of hydrogen-bond donors (Lipinski definition) is 2. The van der Waals surface area contributed by atoms with Crippen LogP contribution in [0.25, 0.3) is 0 Å². The number of rotatable bonds is 8. The average molecular weight is 316 g/mol. The van der Waals surface area contributed by atoms with Crippen molar-refractivity contribution in [3.05, 3.63) is 70.8 Å². The van der Waals surface area contributed by atoms with Gasteiger partial charge in [0.2, 0.25) is 0 Å². The molecule has 0 heterocycles. The van der Waals surface area contributed by atoms with Gasteiger partial charge in [-0.1, -0.05) is 48.5 Å². The molecule has 0 aromatic heterocycles. The number of aliphatic hydroxyl groups is 2. The molecule has 0 saturated heterocycles. The van der Waals surface area contributed by atoms with Crippen LogP contribution in [0.3, 0.4) is 0 Å². The van der Waals surface area contributed by atoms with Crippen molar-refractivity contribution in [2.75, 3.05) is 0 Å². The fraction of sp³-hybridized carbons (Fsp3) is 0.368. The molecule has 0 spiro atoms. The van der Waals surface area contributed by atoms with Crippen LogP contribution in [0.5, 0.6) is 0 Å². The van der Waals surface area contributed by atoms with Gasteiger partial charge in [-0.15, -0.1) is 0 Å². The molecule has 0 bridgehead atoms. The summed E-state index contributed by atoms with van der Waals surface area (Å²) < 4.78 is 11.7. The van der Waals surface area contributed by atoms with Crippen LogP contribution in [-0.2, 0) is 35.9 Å². The fourth-order valence-electron chi connectivity index (χ4n) is 2.04. The molecule has 23 heavy (non-hydrogen) atoms. The maximum Gasteiger partial charge on any atom is 0.163 e. The molecule has 124 valence electrons. The highest BCUT2D eigenvalue weighted by atomic mass is 16.7. The van der Waals surface area contributed by atoms with Crippen molar-refractivity contribution in [1.29, 1.82) is 0 Å². The van der Waals surface area contributed by atoms with Gasteiger partial charge < -0.3 is 19.7 Å². The standard InChI is InChI=1S/C19H24O4/c1-19(2,22-13-17-7-3-15(11-20)4-8-17)23-14-18-9-5-16(12-21)6-10-18/h3-10,20-21H,11-14H2,1-2H3. The normalized spacial score (nSPS) is 11.7. The molecule has 2 N–H and O–H groups in total. The third-order valence-electron chi connectivity index (χ3n) is 3.58. The highest BCUT2D eigenvalue weighted by Gasteiger charge is 2.19. The summed E-state index contributed by atoms with van der Waals surface area (Å²) >= 11 is 0. The van der Waals surface area contributed by atoms with Crippen molar-refractivity contribution in [2.45, 2.75) is 46.1 Å². The van der Waals surface area contributed by atoms with Crippen LogP contribution in [0.1, 0.15) is 36.1 Å². The van der Waals surface area contributed by atoms with Gasteiger partial charge in [-0.05, 0) is 36.1 Å². The Morgan fingerprint density at radius 2 is 0.957 bits per heavy atom. The van der Waals surface area contributed by atoms with Crippen LogP contribution in [0.2, 0.25) is 0 Å². The van der Waals surface area contributed by atoms with Crippen molar-refractivity contribution in [3.63, 3.8) is 0 Å². The maximum atomic E-state index is 9.03. The SMILES string of the molecule is CC(C)(OCc1ccc(CO)cc1)OCc1ccc(CO)cc1. The Hall–Kier alpha value is -1.72. The van der Waals surface area contributed by atoms with Crippen LogP contribution in [0.15, 0.2) is 48.5 Å². The molecule has 4 nitrogen and oxygen atoms in total. The monoisotopic (exact) mass is 316 g/mol. The van der Waals surface area contributed by atoms with Crippen LogP contribution in [-0.4, -0.2) is 16.0 Å². The maximum absolute atomic E-state index is 9.03. The number of hydrogen-bond acceptors (Lipinski definition) is 4. The highest BCUT2D eigenvalue weighted by molar-refractivity contribution is 5.22. The van der Waals surface area contributed by atoms with Crippen LogP contribution in [0, 0.1) is 0 Å². The predicted molar refractivity (Wildman–Crippen MR) is 88.4 cm³/mol. The summed E-state index contributed by atoms with van der Waals surface area (Å²) in [7, 11) is 0. The van der Waals surface area contributed by atoms with Crippen LogP contribution >= 0.6 is 0 Å². The van der Waals surface area contributed by atoms with Crippen molar-refractivity contribution in [3.8, 4) is 0 Å². The van der Waals surface area contributed by atoms with E-state index in [0.29, 0.717) is 13.2 Å². The molecular weight excluding hydrogens is 292 g/mol. The summed E-state index contributed by atoms with van der Waals surface area (Å²) in [6, 6.07) is 15.3. The number of benzene rings is 2. The highest BCUT2D eigenvalue weighted by Crippen LogP contribution is 2.18. The van der Waals surface area contributed by atoms with E-state index in [1.165, 1.54) is 0 Å². The summed E-state index contributed by atoms with van der Waals surface area (Å²) in [4.78, 5) is 0. The molecular formula is C19H24O4.